The molecule has 0 aromatic heterocycles. The smallest absolute Gasteiger partial charge is 0.343 e. The molecule has 2 N–H and O–H groups in total. The molecule has 0 radical (unpaired) electrons. The predicted molar refractivity (Wildman–Crippen MR) is 86.9 cm³/mol. The van der Waals surface area contributed by atoms with Crippen LogP contribution in [0.4, 0.5) is 10.5 Å². The van der Waals surface area contributed by atoms with Gasteiger partial charge in [-0.25, -0.2) is 9.80 Å². The van der Waals surface area contributed by atoms with E-state index in [1.165, 1.54) is 12.0 Å². The van der Waals surface area contributed by atoms with Crippen LogP contribution in [0.15, 0.2) is 18.2 Å². The topological polar surface area (TPSA) is 108 Å². The molecule has 0 saturated carbocycles. The molecule has 25 heavy (non-hydrogen) atoms. The van der Waals surface area contributed by atoms with E-state index in [1.807, 2.05) is 0 Å². The molecule has 0 bridgehead atoms. The van der Waals surface area contributed by atoms with Crippen molar-refractivity contribution >= 4 is 41.0 Å². The number of ether oxygens (including phenoxy) is 1. The molecule has 3 rings (SSSR count). The lowest BCUT2D eigenvalue weighted by Crippen LogP contribution is -2.47. The number of anilines is 1. The van der Waals surface area contributed by atoms with Crippen molar-refractivity contribution in [3.05, 3.63) is 23.2 Å². The van der Waals surface area contributed by atoms with Crippen LogP contribution in [0.3, 0.4) is 0 Å². The number of nitrogens with one attached hydrogen (secondary N) is 2. The summed E-state index contributed by atoms with van der Waals surface area (Å²) < 4.78 is 5.24. The summed E-state index contributed by atoms with van der Waals surface area (Å²) in [6, 6.07) is 4.16. The summed E-state index contributed by atoms with van der Waals surface area (Å²) in [5.74, 6) is -1.48. The van der Waals surface area contributed by atoms with Crippen molar-refractivity contribution in [1.29, 1.82) is 0 Å². The van der Waals surface area contributed by atoms with Crippen LogP contribution in [0.5, 0.6) is 5.75 Å². The Kier molecular flexibility index (Phi) is 4.49. The van der Waals surface area contributed by atoms with Crippen LogP contribution in [-0.4, -0.2) is 49.0 Å². The van der Waals surface area contributed by atoms with Crippen LogP contribution in [0.25, 0.3) is 0 Å². The first-order valence-corrected chi connectivity index (χ1v) is 7.82. The molecule has 2 heterocycles. The number of imide groups is 1. The summed E-state index contributed by atoms with van der Waals surface area (Å²) in [6.45, 7) is -0.137. The molecule has 2 fully saturated rings. The zero-order valence-corrected chi connectivity index (χ0v) is 14.0. The molecule has 2 saturated heterocycles. The summed E-state index contributed by atoms with van der Waals surface area (Å²) >= 11 is 5.99. The maximum absolute atomic E-state index is 12.3. The van der Waals surface area contributed by atoms with Crippen molar-refractivity contribution in [2.24, 2.45) is 5.92 Å². The molecule has 1 aromatic carbocycles. The predicted octanol–water partition coefficient (Wildman–Crippen LogP) is 0.284. The van der Waals surface area contributed by atoms with Crippen LogP contribution < -0.4 is 20.4 Å². The number of methoxy groups -OCH3 is 1. The molecule has 1 atom stereocenters. The molecule has 2 aliphatic heterocycles. The first-order chi connectivity index (χ1) is 11.9. The minimum Gasteiger partial charge on any atom is -0.495 e. The first kappa shape index (κ1) is 17.0. The normalized spacial score (nSPS) is 20.1. The molecular weight excluding hydrogens is 352 g/mol. The van der Waals surface area contributed by atoms with Gasteiger partial charge in [0, 0.05) is 18.0 Å². The van der Waals surface area contributed by atoms with Gasteiger partial charge in [0.2, 0.25) is 17.7 Å². The Morgan fingerprint density at radius 2 is 2.12 bits per heavy atom. The lowest BCUT2D eigenvalue weighted by atomic mass is 10.1. The third-order valence-corrected chi connectivity index (χ3v) is 4.20. The van der Waals surface area contributed by atoms with E-state index in [9.17, 15) is 19.2 Å². The molecule has 9 nitrogen and oxygen atoms in total. The van der Waals surface area contributed by atoms with Crippen LogP contribution in [-0.2, 0) is 14.4 Å². The van der Waals surface area contributed by atoms with Gasteiger partial charge >= 0.3 is 6.03 Å². The highest BCUT2D eigenvalue weighted by Gasteiger charge is 2.38. The minimum atomic E-state index is -0.698. The van der Waals surface area contributed by atoms with Gasteiger partial charge in [0.15, 0.2) is 0 Å². The standard InChI is InChI=1S/C15H15ClN4O5/c1-25-11-3-2-9(16)5-10(11)19-6-8(4-13(19)22)14(23)18-20-7-12(21)17-15(20)24/h2-3,5,8H,4,6-7H2,1H3,(H,18,23)(H,17,21,24). The van der Waals surface area contributed by atoms with Gasteiger partial charge in [-0.3, -0.25) is 25.1 Å². The second kappa shape index (κ2) is 6.60. The van der Waals surface area contributed by atoms with Crippen LogP contribution >= 0.6 is 11.6 Å². The SMILES string of the molecule is COc1ccc(Cl)cc1N1CC(C(=O)NN2CC(=O)NC2=O)CC1=O. The van der Waals surface area contributed by atoms with Gasteiger partial charge in [0.1, 0.15) is 12.3 Å². The zero-order valence-electron chi connectivity index (χ0n) is 13.2. The van der Waals surface area contributed by atoms with Crippen molar-refractivity contribution in [3.8, 4) is 5.75 Å². The number of hydrazine groups is 1. The zero-order chi connectivity index (χ0) is 18.1. The average Bonchev–Trinajstić information content (AvgIpc) is 3.09. The Labute approximate surface area is 147 Å². The number of hydrogen-bond donors (Lipinski definition) is 2. The minimum absolute atomic E-state index is 0.0229. The highest BCUT2D eigenvalue weighted by molar-refractivity contribution is 6.31. The summed E-state index contributed by atoms with van der Waals surface area (Å²) in [5, 5.41) is 3.37. The summed E-state index contributed by atoms with van der Waals surface area (Å²) in [5.41, 5.74) is 2.84. The summed E-state index contributed by atoms with van der Waals surface area (Å²) in [7, 11) is 1.47. The number of hydrogen-bond acceptors (Lipinski definition) is 5. The van der Waals surface area contributed by atoms with Crippen molar-refractivity contribution in [2.75, 3.05) is 25.1 Å². The molecule has 0 spiro atoms. The van der Waals surface area contributed by atoms with E-state index < -0.39 is 23.8 Å². The van der Waals surface area contributed by atoms with Gasteiger partial charge in [-0.15, -0.1) is 0 Å². The second-order valence-corrected chi connectivity index (χ2v) is 6.07. The third-order valence-electron chi connectivity index (χ3n) is 3.97. The number of carbonyl (C=O) groups is 4. The fraction of sp³-hybridized carbons (Fsp3) is 0.333. The van der Waals surface area contributed by atoms with E-state index in [0.29, 0.717) is 16.5 Å². The molecule has 10 heteroatoms. The van der Waals surface area contributed by atoms with Gasteiger partial charge in [-0.2, -0.15) is 0 Å². The monoisotopic (exact) mass is 366 g/mol. The number of benzene rings is 1. The van der Waals surface area contributed by atoms with Crippen LogP contribution in [0.2, 0.25) is 5.02 Å². The van der Waals surface area contributed by atoms with Crippen LogP contribution in [0.1, 0.15) is 6.42 Å². The number of urea groups is 1. The number of nitrogens with zero attached hydrogens (tertiary/aromatic N) is 2. The van der Waals surface area contributed by atoms with E-state index in [2.05, 4.69) is 10.7 Å². The van der Waals surface area contributed by atoms with Crippen LogP contribution in [0, 0.1) is 5.92 Å². The lowest BCUT2D eigenvalue weighted by molar-refractivity contribution is -0.129. The Morgan fingerprint density at radius 3 is 2.76 bits per heavy atom. The van der Waals surface area contributed by atoms with Gasteiger partial charge in [-0.05, 0) is 18.2 Å². The van der Waals surface area contributed by atoms with Gasteiger partial charge in [0.25, 0.3) is 0 Å². The lowest BCUT2D eigenvalue weighted by Gasteiger charge is -2.20. The highest BCUT2D eigenvalue weighted by Crippen LogP contribution is 2.35. The quantitative estimate of drug-likeness (QED) is 0.744. The fourth-order valence-electron chi connectivity index (χ4n) is 2.75. The Hall–Kier alpha value is -2.81. The van der Waals surface area contributed by atoms with Crippen molar-refractivity contribution in [2.45, 2.75) is 6.42 Å². The molecule has 5 amide bonds. The summed E-state index contributed by atoms with van der Waals surface area (Å²) in [6.07, 6.45) is -0.0229. The first-order valence-electron chi connectivity index (χ1n) is 7.45. The van der Waals surface area contributed by atoms with Gasteiger partial charge < -0.3 is 9.64 Å². The highest BCUT2D eigenvalue weighted by atomic mass is 35.5. The van der Waals surface area contributed by atoms with Gasteiger partial charge in [-0.1, -0.05) is 11.6 Å². The molecule has 132 valence electrons. The molecule has 2 aliphatic rings. The van der Waals surface area contributed by atoms with E-state index in [4.69, 9.17) is 16.3 Å². The van der Waals surface area contributed by atoms with E-state index >= 15 is 0 Å². The maximum Gasteiger partial charge on any atom is 0.343 e. The summed E-state index contributed by atoms with van der Waals surface area (Å²) in [4.78, 5) is 48.7. The Balaban J connectivity index is 1.72. The number of carbonyl (C=O) groups excluding carboxylic acids is 4. The van der Waals surface area contributed by atoms with E-state index in [-0.39, 0.29) is 25.4 Å². The van der Waals surface area contributed by atoms with Crippen molar-refractivity contribution < 1.29 is 23.9 Å². The van der Waals surface area contributed by atoms with Crippen molar-refractivity contribution in [3.63, 3.8) is 0 Å². The third kappa shape index (κ3) is 3.36. The fourth-order valence-corrected chi connectivity index (χ4v) is 2.91. The number of rotatable bonds is 4. The molecule has 1 aromatic rings. The molecular formula is C15H15ClN4O5. The molecule has 1 unspecified atom stereocenters. The van der Waals surface area contributed by atoms with E-state index in [1.54, 1.807) is 18.2 Å². The van der Waals surface area contributed by atoms with Crippen molar-refractivity contribution in [1.82, 2.24) is 15.8 Å². The number of halogens is 1. The number of amides is 5. The van der Waals surface area contributed by atoms with Gasteiger partial charge in [0.05, 0.1) is 18.7 Å². The Bertz CT molecular complexity index is 768. The Morgan fingerprint density at radius 1 is 1.36 bits per heavy atom. The molecule has 0 aliphatic carbocycles. The average molecular weight is 367 g/mol. The second-order valence-electron chi connectivity index (χ2n) is 5.64. The largest absolute Gasteiger partial charge is 0.495 e. The maximum atomic E-state index is 12.3. The van der Waals surface area contributed by atoms with E-state index in [0.717, 1.165) is 5.01 Å².